The Morgan fingerprint density at radius 2 is 2.24 bits per heavy atom. The van der Waals surface area contributed by atoms with Crippen molar-refractivity contribution in [2.45, 2.75) is 32.7 Å². The summed E-state index contributed by atoms with van der Waals surface area (Å²) in [5.74, 6) is -0.0964. The number of carbonyl (C=O) groups is 1. The molecule has 1 aromatic carbocycles. The molecule has 0 fully saturated rings. The second-order valence-corrected chi connectivity index (χ2v) is 4.82. The van der Waals surface area contributed by atoms with Gasteiger partial charge in [-0.1, -0.05) is 19.1 Å². The molecule has 2 N–H and O–H groups in total. The van der Waals surface area contributed by atoms with E-state index >= 15 is 0 Å². The first-order valence-corrected chi connectivity index (χ1v) is 6.56. The number of benzene rings is 1. The van der Waals surface area contributed by atoms with Crippen molar-refractivity contribution in [2.24, 2.45) is 0 Å². The highest BCUT2D eigenvalue weighted by Crippen LogP contribution is 2.21. The third-order valence-corrected chi connectivity index (χ3v) is 3.79. The van der Waals surface area contributed by atoms with Crippen molar-refractivity contribution >= 4 is 21.8 Å². The summed E-state index contributed by atoms with van der Waals surface area (Å²) < 4.78 is 0.830. The molecular formula is C13H18BrNO2. The van der Waals surface area contributed by atoms with Gasteiger partial charge in [-0.05, 0) is 47.3 Å². The molecule has 0 heterocycles. The highest BCUT2D eigenvalue weighted by molar-refractivity contribution is 9.10. The van der Waals surface area contributed by atoms with Crippen LogP contribution in [0.15, 0.2) is 22.7 Å². The van der Waals surface area contributed by atoms with Crippen LogP contribution in [0.1, 0.15) is 35.7 Å². The lowest BCUT2D eigenvalue weighted by atomic mass is 10.1. The monoisotopic (exact) mass is 299 g/mol. The van der Waals surface area contributed by atoms with Gasteiger partial charge in [0.25, 0.3) is 5.91 Å². The van der Waals surface area contributed by atoms with Gasteiger partial charge >= 0.3 is 0 Å². The van der Waals surface area contributed by atoms with Gasteiger partial charge in [0.2, 0.25) is 0 Å². The zero-order valence-electron chi connectivity index (χ0n) is 10.2. The van der Waals surface area contributed by atoms with Gasteiger partial charge in [0, 0.05) is 17.1 Å². The predicted octanol–water partition coefficient (Wildman–Crippen LogP) is 2.65. The molecule has 0 saturated heterocycles. The number of nitrogens with one attached hydrogen (secondary N) is 1. The molecule has 17 heavy (non-hydrogen) atoms. The first-order valence-electron chi connectivity index (χ1n) is 5.77. The van der Waals surface area contributed by atoms with Crippen LogP contribution in [0, 0.1) is 6.92 Å². The molecule has 0 bridgehead atoms. The van der Waals surface area contributed by atoms with Gasteiger partial charge in [0.15, 0.2) is 0 Å². The maximum absolute atomic E-state index is 12.0. The highest BCUT2D eigenvalue weighted by atomic mass is 79.9. The number of aliphatic hydroxyl groups is 1. The van der Waals surface area contributed by atoms with Crippen molar-refractivity contribution in [3.63, 3.8) is 0 Å². The summed E-state index contributed by atoms with van der Waals surface area (Å²) in [7, 11) is 0. The molecule has 0 radical (unpaired) electrons. The van der Waals surface area contributed by atoms with E-state index in [1.807, 2.05) is 26.0 Å². The lowest BCUT2D eigenvalue weighted by Gasteiger charge is -2.16. The highest BCUT2D eigenvalue weighted by Gasteiger charge is 2.14. The maximum atomic E-state index is 12.0. The largest absolute Gasteiger partial charge is 0.396 e. The van der Waals surface area contributed by atoms with Crippen LogP contribution >= 0.6 is 15.9 Å². The van der Waals surface area contributed by atoms with E-state index in [-0.39, 0.29) is 18.6 Å². The lowest BCUT2D eigenvalue weighted by molar-refractivity contribution is 0.0928. The van der Waals surface area contributed by atoms with E-state index in [1.165, 1.54) is 0 Å². The number of hydrogen-bond acceptors (Lipinski definition) is 2. The Morgan fingerprint density at radius 1 is 1.53 bits per heavy atom. The topological polar surface area (TPSA) is 49.3 Å². The van der Waals surface area contributed by atoms with Crippen molar-refractivity contribution in [1.29, 1.82) is 0 Å². The molecule has 1 unspecified atom stereocenters. The third kappa shape index (κ3) is 3.82. The van der Waals surface area contributed by atoms with Crippen LogP contribution in [0.25, 0.3) is 0 Å². The van der Waals surface area contributed by atoms with Gasteiger partial charge in [-0.3, -0.25) is 4.79 Å². The molecule has 0 aliphatic heterocycles. The number of rotatable bonds is 5. The maximum Gasteiger partial charge on any atom is 0.252 e. The Kier molecular flexibility index (Phi) is 5.65. The second-order valence-electron chi connectivity index (χ2n) is 4.03. The smallest absolute Gasteiger partial charge is 0.252 e. The van der Waals surface area contributed by atoms with Crippen LogP contribution in [-0.4, -0.2) is 23.7 Å². The Labute approximate surface area is 110 Å². The average molecular weight is 300 g/mol. The molecule has 1 rings (SSSR count). The molecule has 1 aromatic rings. The summed E-state index contributed by atoms with van der Waals surface area (Å²) in [5, 5.41) is 11.8. The first kappa shape index (κ1) is 14.2. The fourth-order valence-electron chi connectivity index (χ4n) is 1.62. The Hall–Kier alpha value is -0.870. The van der Waals surface area contributed by atoms with Gasteiger partial charge in [-0.2, -0.15) is 0 Å². The van der Waals surface area contributed by atoms with Crippen LogP contribution in [0.2, 0.25) is 0 Å². The van der Waals surface area contributed by atoms with E-state index in [0.717, 1.165) is 16.5 Å². The van der Waals surface area contributed by atoms with E-state index < -0.39 is 0 Å². The predicted molar refractivity (Wildman–Crippen MR) is 72.1 cm³/mol. The average Bonchev–Trinajstić information content (AvgIpc) is 2.31. The van der Waals surface area contributed by atoms with Gasteiger partial charge < -0.3 is 10.4 Å². The molecule has 0 saturated carbocycles. The number of carbonyl (C=O) groups excluding carboxylic acids is 1. The number of hydrogen-bond donors (Lipinski definition) is 2. The molecule has 1 amide bonds. The molecule has 0 aliphatic carbocycles. The van der Waals surface area contributed by atoms with Crippen LogP contribution in [-0.2, 0) is 0 Å². The van der Waals surface area contributed by atoms with Crippen molar-refractivity contribution in [1.82, 2.24) is 5.32 Å². The number of amides is 1. The summed E-state index contributed by atoms with van der Waals surface area (Å²) in [6, 6.07) is 5.63. The molecule has 1 atom stereocenters. The number of aryl methyl sites for hydroxylation is 1. The van der Waals surface area contributed by atoms with Gasteiger partial charge in [-0.25, -0.2) is 0 Å². The fourth-order valence-corrected chi connectivity index (χ4v) is 2.06. The fraction of sp³-hybridized carbons (Fsp3) is 0.462. The molecule has 0 aromatic heterocycles. The van der Waals surface area contributed by atoms with Crippen LogP contribution in [0.5, 0.6) is 0 Å². The summed E-state index contributed by atoms with van der Waals surface area (Å²) in [6.07, 6.45) is 1.40. The summed E-state index contributed by atoms with van der Waals surface area (Å²) in [6.45, 7) is 4.03. The minimum Gasteiger partial charge on any atom is -0.396 e. The molecule has 0 spiro atoms. The Balaban J connectivity index is 2.79. The van der Waals surface area contributed by atoms with Crippen LogP contribution in [0.4, 0.5) is 0 Å². The van der Waals surface area contributed by atoms with E-state index in [2.05, 4.69) is 21.2 Å². The van der Waals surface area contributed by atoms with Crippen molar-refractivity contribution in [3.8, 4) is 0 Å². The number of aliphatic hydroxyl groups excluding tert-OH is 1. The van der Waals surface area contributed by atoms with Crippen LogP contribution in [0.3, 0.4) is 0 Å². The summed E-state index contributed by atoms with van der Waals surface area (Å²) in [4.78, 5) is 12.0. The van der Waals surface area contributed by atoms with E-state index in [4.69, 9.17) is 5.11 Å². The summed E-state index contributed by atoms with van der Waals surface area (Å²) >= 11 is 3.42. The van der Waals surface area contributed by atoms with Crippen LogP contribution < -0.4 is 5.32 Å². The first-order chi connectivity index (χ1) is 8.10. The second kappa shape index (κ2) is 6.77. The van der Waals surface area contributed by atoms with Gasteiger partial charge in [0.05, 0.1) is 5.56 Å². The van der Waals surface area contributed by atoms with E-state index in [9.17, 15) is 4.79 Å². The molecule has 4 heteroatoms. The standard InChI is InChI=1S/C13H18BrNO2/c1-3-10(7-8-16)15-13(17)11-6-4-5-9(2)12(11)14/h4-6,10,16H,3,7-8H2,1-2H3,(H,15,17). The normalized spacial score (nSPS) is 12.2. The Bertz CT molecular complexity index is 393. The van der Waals surface area contributed by atoms with Crippen molar-refractivity contribution in [3.05, 3.63) is 33.8 Å². The van der Waals surface area contributed by atoms with Crippen molar-refractivity contribution < 1.29 is 9.90 Å². The van der Waals surface area contributed by atoms with E-state index in [1.54, 1.807) is 6.07 Å². The van der Waals surface area contributed by atoms with Gasteiger partial charge in [-0.15, -0.1) is 0 Å². The molecule has 94 valence electrons. The molecule has 0 aliphatic rings. The quantitative estimate of drug-likeness (QED) is 0.878. The zero-order chi connectivity index (χ0) is 12.8. The van der Waals surface area contributed by atoms with E-state index in [0.29, 0.717) is 12.0 Å². The third-order valence-electron chi connectivity index (χ3n) is 2.74. The lowest BCUT2D eigenvalue weighted by Crippen LogP contribution is -2.35. The number of halogens is 1. The molecular weight excluding hydrogens is 282 g/mol. The van der Waals surface area contributed by atoms with Crippen molar-refractivity contribution in [2.75, 3.05) is 6.61 Å². The van der Waals surface area contributed by atoms with Gasteiger partial charge in [0.1, 0.15) is 0 Å². The summed E-state index contributed by atoms with van der Waals surface area (Å²) in [5.41, 5.74) is 1.68. The minimum atomic E-state index is -0.0964. The Morgan fingerprint density at radius 3 is 2.82 bits per heavy atom. The SMILES string of the molecule is CCC(CCO)NC(=O)c1cccc(C)c1Br. The zero-order valence-corrected chi connectivity index (χ0v) is 11.8. The molecule has 3 nitrogen and oxygen atoms in total. The minimum absolute atomic E-state index is 0.0277.